The predicted molar refractivity (Wildman–Crippen MR) is 122 cm³/mol. The molecule has 1 aromatic heterocycles. The smallest absolute Gasteiger partial charge is 0.271 e. The molecule has 3 aromatic rings. The standard InChI is InChI=1S/C23H19BrN2O3S/c1-13-20(14(2)27)21(16-6-10-18(29-3)11-7-16)26-22(28)19(30-23(26)25-13)12-15-4-8-17(24)9-5-15/h4-12,21H,1-3H3/b19-12+/t21-/m0/s1. The zero-order valence-corrected chi connectivity index (χ0v) is 19.1. The van der Waals surface area contributed by atoms with Crippen molar-refractivity contribution in [2.24, 2.45) is 4.99 Å². The number of fused-ring (bicyclic) bond motifs is 1. The maximum Gasteiger partial charge on any atom is 0.271 e. The fourth-order valence-corrected chi connectivity index (χ4v) is 4.89. The van der Waals surface area contributed by atoms with E-state index < -0.39 is 6.04 Å². The lowest BCUT2D eigenvalue weighted by Crippen LogP contribution is -2.39. The number of methoxy groups -OCH3 is 1. The molecule has 2 aromatic carbocycles. The molecule has 0 aliphatic carbocycles. The van der Waals surface area contributed by atoms with Crippen LogP contribution < -0.4 is 19.6 Å². The molecule has 2 heterocycles. The van der Waals surface area contributed by atoms with Crippen molar-refractivity contribution in [2.45, 2.75) is 19.9 Å². The second-order valence-corrected chi connectivity index (χ2v) is 8.89. The number of halogens is 1. The van der Waals surface area contributed by atoms with Gasteiger partial charge in [0, 0.05) is 15.7 Å². The molecular weight excluding hydrogens is 464 g/mol. The van der Waals surface area contributed by atoms with Crippen molar-refractivity contribution in [3.05, 3.63) is 95.1 Å². The van der Waals surface area contributed by atoms with E-state index in [-0.39, 0.29) is 11.3 Å². The van der Waals surface area contributed by atoms with Gasteiger partial charge in [-0.3, -0.25) is 14.2 Å². The van der Waals surface area contributed by atoms with Crippen LogP contribution in [0.1, 0.15) is 31.0 Å². The molecular formula is C23H19BrN2O3S. The quantitative estimate of drug-likeness (QED) is 0.570. The maximum atomic E-state index is 13.4. The van der Waals surface area contributed by atoms with Crippen molar-refractivity contribution < 1.29 is 9.53 Å². The highest BCUT2D eigenvalue weighted by atomic mass is 79.9. The lowest BCUT2D eigenvalue weighted by atomic mass is 9.93. The van der Waals surface area contributed by atoms with Crippen LogP contribution in [0.4, 0.5) is 0 Å². The number of hydrogen-bond acceptors (Lipinski definition) is 5. The van der Waals surface area contributed by atoms with Crippen LogP contribution in [0.25, 0.3) is 6.08 Å². The van der Waals surface area contributed by atoms with Crippen LogP contribution in [0.2, 0.25) is 0 Å². The van der Waals surface area contributed by atoms with Crippen LogP contribution >= 0.6 is 27.3 Å². The summed E-state index contributed by atoms with van der Waals surface area (Å²) in [6, 6.07) is 14.7. The number of aromatic nitrogens is 1. The fourth-order valence-electron chi connectivity index (χ4n) is 3.58. The molecule has 5 nitrogen and oxygen atoms in total. The van der Waals surface area contributed by atoms with Crippen LogP contribution in [0.15, 0.2) is 74.1 Å². The largest absolute Gasteiger partial charge is 0.497 e. The molecule has 0 spiro atoms. The lowest BCUT2D eigenvalue weighted by molar-refractivity contribution is -0.114. The van der Waals surface area contributed by atoms with Crippen LogP contribution in [-0.2, 0) is 4.79 Å². The van der Waals surface area contributed by atoms with Gasteiger partial charge in [0.05, 0.1) is 17.7 Å². The van der Waals surface area contributed by atoms with Gasteiger partial charge in [-0.15, -0.1) is 0 Å². The molecule has 7 heteroatoms. The normalized spacial score (nSPS) is 16.3. The van der Waals surface area contributed by atoms with E-state index in [1.54, 1.807) is 11.7 Å². The number of allylic oxidation sites excluding steroid dienone is 2. The first-order valence-corrected chi connectivity index (χ1v) is 10.9. The SMILES string of the molecule is COc1ccc([C@H]2C(C(C)=O)=C(C)N=c3s/c(=C/c4ccc(Br)cc4)c(=O)n32)cc1. The Bertz CT molecular complexity index is 1330. The Morgan fingerprint density at radius 3 is 2.43 bits per heavy atom. The van der Waals surface area contributed by atoms with Gasteiger partial charge in [-0.05, 0) is 55.3 Å². The number of rotatable bonds is 4. The summed E-state index contributed by atoms with van der Waals surface area (Å²) >= 11 is 4.75. The third kappa shape index (κ3) is 3.70. The van der Waals surface area contributed by atoms with Crippen molar-refractivity contribution in [2.75, 3.05) is 7.11 Å². The lowest BCUT2D eigenvalue weighted by Gasteiger charge is -2.24. The second-order valence-electron chi connectivity index (χ2n) is 6.96. The minimum atomic E-state index is -0.517. The number of ketones is 1. The molecule has 30 heavy (non-hydrogen) atoms. The average Bonchev–Trinajstić information content (AvgIpc) is 3.03. The van der Waals surface area contributed by atoms with Gasteiger partial charge in [0.15, 0.2) is 10.6 Å². The summed E-state index contributed by atoms with van der Waals surface area (Å²) in [6.07, 6.45) is 1.86. The van der Waals surface area contributed by atoms with E-state index in [4.69, 9.17) is 4.74 Å². The molecule has 0 N–H and O–H groups in total. The third-order valence-corrected chi connectivity index (χ3v) is 6.51. The number of hydrogen-bond donors (Lipinski definition) is 0. The van der Waals surface area contributed by atoms with Gasteiger partial charge in [0.2, 0.25) is 0 Å². The van der Waals surface area contributed by atoms with E-state index in [9.17, 15) is 9.59 Å². The number of ether oxygens (including phenoxy) is 1. The Labute approximate surface area is 185 Å². The van der Waals surface area contributed by atoms with E-state index in [2.05, 4.69) is 20.9 Å². The van der Waals surface area contributed by atoms with Crippen LogP contribution in [-0.4, -0.2) is 17.5 Å². The second kappa shape index (κ2) is 8.16. The van der Waals surface area contributed by atoms with E-state index in [0.717, 1.165) is 15.6 Å². The van der Waals surface area contributed by atoms with Gasteiger partial charge in [0.25, 0.3) is 5.56 Å². The molecule has 0 radical (unpaired) electrons. The summed E-state index contributed by atoms with van der Waals surface area (Å²) in [7, 11) is 1.60. The number of carbonyl (C=O) groups excluding carboxylic acids is 1. The number of nitrogens with zero attached hydrogens (tertiary/aromatic N) is 2. The zero-order valence-electron chi connectivity index (χ0n) is 16.7. The fraction of sp³-hybridized carbons (Fsp3) is 0.174. The van der Waals surface area contributed by atoms with Crippen molar-refractivity contribution in [1.82, 2.24) is 4.57 Å². The summed E-state index contributed by atoms with van der Waals surface area (Å²) in [5.41, 5.74) is 2.77. The zero-order chi connectivity index (χ0) is 21.4. The predicted octanol–water partition coefficient (Wildman–Crippen LogP) is 3.60. The highest BCUT2D eigenvalue weighted by molar-refractivity contribution is 9.10. The molecule has 1 atom stereocenters. The minimum Gasteiger partial charge on any atom is -0.497 e. The average molecular weight is 483 g/mol. The Hall–Kier alpha value is -2.77. The number of Topliss-reactive ketones (excluding diaryl/α,β-unsaturated/α-hetero) is 1. The van der Waals surface area contributed by atoms with Crippen molar-refractivity contribution >= 4 is 39.1 Å². The Balaban J connectivity index is 1.94. The molecule has 0 bridgehead atoms. The molecule has 1 aliphatic rings. The molecule has 152 valence electrons. The van der Waals surface area contributed by atoms with Crippen LogP contribution in [0.3, 0.4) is 0 Å². The Morgan fingerprint density at radius 2 is 1.83 bits per heavy atom. The monoisotopic (exact) mass is 482 g/mol. The first kappa shape index (κ1) is 20.5. The molecule has 0 unspecified atom stereocenters. The van der Waals surface area contributed by atoms with Gasteiger partial charge in [-0.25, -0.2) is 4.99 Å². The number of thiazole rings is 1. The maximum absolute atomic E-state index is 13.4. The van der Waals surface area contributed by atoms with E-state index in [1.165, 1.54) is 18.3 Å². The van der Waals surface area contributed by atoms with Gasteiger partial charge in [0.1, 0.15) is 5.75 Å². The molecule has 0 saturated heterocycles. The topological polar surface area (TPSA) is 60.7 Å². The summed E-state index contributed by atoms with van der Waals surface area (Å²) in [5.74, 6) is 0.616. The summed E-state index contributed by atoms with van der Waals surface area (Å²) in [5, 5.41) is 0. The highest BCUT2D eigenvalue weighted by Gasteiger charge is 2.30. The summed E-state index contributed by atoms with van der Waals surface area (Å²) in [4.78, 5) is 31.1. The summed E-state index contributed by atoms with van der Waals surface area (Å²) < 4.78 is 8.43. The van der Waals surface area contributed by atoms with Crippen molar-refractivity contribution in [1.29, 1.82) is 0 Å². The van der Waals surface area contributed by atoms with Crippen LogP contribution in [0, 0.1) is 0 Å². The molecule has 4 rings (SSSR count). The van der Waals surface area contributed by atoms with Gasteiger partial charge in [-0.1, -0.05) is 51.5 Å². The Morgan fingerprint density at radius 1 is 1.17 bits per heavy atom. The minimum absolute atomic E-state index is 0.0979. The molecule has 0 amide bonds. The molecule has 0 saturated carbocycles. The van der Waals surface area contributed by atoms with E-state index in [1.807, 2.05) is 61.5 Å². The first-order valence-electron chi connectivity index (χ1n) is 9.32. The molecule has 0 fully saturated rings. The number of carbonyl (C=O) groups is 1. The van der Waals surface area contributed by atoms with E-state index >= 15 is 0 Å². The van der Waals surface area contributed by atoms with Crippen molar-refractivity contribution in [3.8, 4) is 5.75 Å². The van der Waals surface area contributed by atoms with Gasteiger partial charge < -0.3 is 4.74 Å². The first-order chi connectivity index (χ1) is 14.4. The van der Waals surface area contributed by atoms with Gasteiger partial charge in [-0.2, -0.15) is 0 Å². The van der Waals surface area contributed by atoms with Gasteiger partial charge >= 0.3 is 0 Å². The third-order valence-electron chi connectivity index (χ3n) is 5.00. The van der Waals surface area contributed by atoms with Crippen LogP contribution in [0.5, 0.6) is 5.75 Å². The summed E-state index contributed by atoms with van der Waals surface area (Å²) in [6.45, 7) is 3.33. The number of benzene rings is 2. The van der Waals surface area contributed by atoms with Crippen molar-refractivity contribution in [3.63, 3.8) is 0 Å². The highest BCUT2D eigenvalue weighted by Crippen LogP contribution is 2.31. The molecule has 1 aliphatic heterocycles. The Kier molecular flexibility index (Phi) is 5.58. The van der Waals surface area contributed by atoms with E-state index in [0.29, 0.717) is 26.4 Å².